The molecule has 0 amide bonds. The molecule has 0 saturated carbocycles. The van der Waals surface area contributed by atoms with Crippen LogP contribution in [-0.2, 0) is 5.54 Å². The van der Waals surface area contributed by atoms with Crippen molar-refractivity contribution < 1.29 is 0 Å². The van der Waals surface area contributed by atoms with Gasteiger partial charge in [0.25, 0.3) is 0 Å². The number of nitriles is 1. The molecular formula is C19H20N2. The maximum Gasteiger partial charge on any atom is 0.137 e. The van der Waals surface area contributed by atoms with Crippen molar-refractivity contribution in [2.45, 2.75) is 12.0 Å². The Kier molecular flexibility index (Phi) is 4.92. The van der Waals surface area contributed by atoms with Crippen molar-refractivity contribution in [1.82, 2.24) is 4.90 Å². The van der Waals surface area contributed by atoms with Gasteiger partial charge in [-0.3, -0.25) is 4.90 Å². The minimum absolute atomic E-state index is 0.632. The Labute approximate surface area is 127 Å². The Bertz CT molecular complexity index is 624. The summed E-state index contributed by atoms with van der Waals surface area (Å²) in [6.45, 7) is 0. The summed E-state index contributed by atoms with van der Waals surface area (Å²) in [5.41, 5.74) is 1.54. The molecule has 0 aliphatic carbocycles. The second-order valence-electron chi connectivity index (χ2n) is 5.25. The van der Waals surface area contributed by atoms with Crippen molar-refractivity contribution in [3.05, 3.63) is 77.9 Å². The van der Waals surface area contributed by atoms with Crippen LogP contribution in [0.15, 0.2) is 66.7 Å². The van der Waals surface area contributed by atoms with Crippen molar-refractivity contribution >= 4 is 6.08 Å². The molecule has 1 unspecified atom stereocenters. The first-order valence-electron chi connectivity index (χ1n) is 7.05. The van der Waals surface area contributed by atoms with Gasteiger partial charge >= 0.3 is 0 Å². The maximum absolute atomic E-state index is 9.77. The van der Waals surface area contributed by atoms with Gasteiger partial charge in [0.15, 0.2) is 0 Å². The molecule has 0 N–H and O–H groups in total. The monoisotopic (exact) mass is 276 g/mol. The van der Waals surface area contributed by atoms with Gasteiger partial charge in [0.2, 0.25) is 0 Å². The van der Waals surface area contributed by atoms with Crippen molar-refractivity contribution in [1.29, 1.82) is 5.26 Å². The zero-order valence-corrected chi connectivity index (χ0v) is 12.5. The zero-order valence-electron chi connectivity index (χ0n) is 12.5. The highest BCUT2D eigenvalue weighted by atomic mass is 15.1. The first-order chi connectivity index (χ1) is 10.2. The van der Waals surface area contributed by atoms with Crippen LogP contribution in [0.1, 0.15) is 17.5 Å². The summed E-state index contributed by atoms with van der Waals surface area (Å²) in [6, 6.07) is 22.6. The topological polar surface area (TPSA) is 27.0 Å². The minimum Gasteiger partial charge on any atom is -0.288 e. The molecule has 2 heteroatoms. The predicted molar refractivity (Wildman–Crippen MR) is 87.5 cm³/mol. The lowest BCUT2D eigenvalue weighted by Gasteiger charge is -2.33. The fourth-order valence-electron chi connectivity index (χ4n) is 2.41. The zero-order chi connectivity index (χ0) is 15.1. The number of benzene rings is 2. The van der Waals surface area contributed by atoms with E-state index < -0.39 is 5.54 Å². The third kappa shape index (κ3) is 3.39. The highest BCUT2D eigenvalue weighted by Crippen LogP contribution is 2.30. The van der Waals surface area contributed by atoms with Crippen LogP contribution in [0.2, 0.25) is 0 Å². The van der Waals surface area contributed by atoms with Crippen LogP contribution in [0.3, 0.4) is 0 Å². The highest BCUT2D eigenvalue weighted by Gasteiger charge is 2.33. The molecule has 106 valence electrons. The Morgan fingerprint density at radius 3 is 2.10 bits per heavy atom. The van der Waals surface area contributed by atoms with Crippen molar-refractivity contribution in [3.63, 3.8) is 0 Å². The molecule has 0 saturated heterocycles. The average Bonchev–Trinajstić information content (AvgIpc) is 2.53. The normalized spacial score (nSPS) is 14.0. The molecule has 0 bridgehead atoms. The van der Waals surface area contributed by atoms with Gasteiger partial charge in [-0.25, -0.2) is 0 Å². The second-order valence-corrected chi connectivity index (χ2v) is 5.25. The summed E-state index contributed by atoms with van der Waals surface area (Å²) < 4.78 is 0. The lowest BCUT2D eigenvalue weighted by atomic mass is 9.86. The van der Waals surface area contributed by atoms with E-state index >= 15 is 0 Å². The van der Waals surface area contributed by atoms with E-state index in [9.17, 15) is 5.26 Å². The predicted octanol–water partition coefficient (Wildman–Crippen LogP) is 4.07. The molecule has 2 aromatic carbocycles. The summed E-state index contributed by atoms with van der Waals surface area (Å²) >= 11 is 0. The van der Waals surface area contributed by atoms with Gasteiger partial charge < -0.3 is 0 Å². The van der Waals surface area contributed by atoms with Crippen LogP contribution in [0.5, 0.6) is 0 Å². The van der Waals surface area contributed by atoms with E-state index in [0.29, 0.717) is 6.42 Å². The molecule has 2 aromatic rings. The van der Waals surface area contributed by atoms with Crippen molar-refractivity contribution in [2.75, 3.05) is 14.1 Å². The molecule has 0 aliphatic heterocycles. The third-order valence-electron chi connectivity index (χ3n) is 3.72. The van der Waals surface area contributed by atoms with E-state index in [-0.39, 0.29) is 0 Å². The van der Waals surface area contributed by atoms with Crippen LogP contribution < -0.4 is 0 Å². The maximum atomic E-state index is 9.77. The quantitative estimate of drug-likeness (QED) is 0.823. The Morgan fingerprint density at radius 2 is 1.57 bits per heavy atom. The minimum atomic E-state index is -0.632. The Hall–Kier alpha value is -2.37. The first kappa shape index (κ1) is 15.0. The Morgan fingerprint density at radius 1 is 1.00 bits per heavy atom. The molecule has 2 rings (SSSR count). The van der Waals surface area contributed by atoms with E-state index in [2.05, 4.69) is 30.4 Å². The van der Waals surface area contributed by atoms with E-state index in [4.69, 9.17) is 0 Å². The van der Waals surface area contributed by atoms with Gasteiger partial charge in [-0.1, -0.05) is 72.8 Å². The lowest BCUT2D eigenvalue weighted by Crippen LogP contribution is -2.39. The lowest BCUT2D eigenvalue weighted by molar-refractivity contribution is 0.221. The van der Waals surface area contributed by atoms with Gasteiger partial charge in [-0.15, -0.1) is 0 Å². The molecule has 0 heterocycles. The molecule has 1 atom stereocenters. The van der Waals surface area contributed by atoms with Crippen LogP contribution in [0.4, 0.5) is 0 Å². The number of rotatable bonds is 5. The van der Waals surface area contributed by atoms with Crippen molar-refractivity contribution in [3.8, 4) is 6.07 Å². The summed E-state index contributed by atoms with van der Waals surface area (Å²) in [7, 11) is 3.90. The first-order valence-corrected chi connectivity index (χ1v) is 7.05. The fourth-order valence-corrected chi connectivity index (χ4v) is 2.41. The Balaban J connectivity index is 2.26. The largest absolute Gasteiger partial charge is 0.288 e. The van der Waals surface area contributed by atoms with Gasteiger partial charge in [-0.2, -0.15) is 5.26 Å². The van der Waals surface area contributed by atoms with E-state index in [1.165, 1.54) is 0 Å². The SMILES string of the molecule is CN(C)C(C#N)(CC=Cc1ccccc1)c1ccccc1. The van der Waals surface area contributed by atoms with Crippen LogP contribution in [0.25, 0.3) is 6.08 Å². The fraction of sp³-hybridized carbons (Fsp3) is 0.211. The standard InChI is InChI=1S/C19H20N2/c1-21(2)19(16-20,18-13-7-4-8-14-18)15-9-12-17-10-5-3-6-11-17/h3-14H,15H2,1-2H3. The molecule has 0 fully saturated rings. The van der Waals surface area contributed by atoms with Crippen LogP contribution in [-0.4, -0.2) is 19.0 Å². The highest BCUT2D eigenvalue weighted by molar-refractivity contribution is 5.49. The van der Waals surface area contributed by atoms with E-state index in [0.717, 1.165) is 11.1 Å². The average molecular weight is 276 g/mol. The van der Waals surface area contributed by atoms with Gasteiger partial charge in [0, 0.05) is 6.42 Å². The van der Waals surface area contributed by atoms with E-state index in [1.54, 1.807) is 0 Å². The van der Waals surface area contributed by atoms with Crippen LogP contribution in [0, 0.1) is 11.3 Å². The summed E-state index contributed by atoms with van der Waals surface area (Å²) in [5.74, 6) is 0. The second kappa shape index (κ2) is 6.88. The third-order valence-corrected chi connectivity index (χ3v) is 3.72. The van der Waals surface area contributed by atoms with E-state index in [1.807, 2.05) is 67.5 Å². The van der Waals surface area contributed by atoms with Gasteiger partial charge in [0.05, 0.1) is 6.07 Å². The molecule has 0 radical (unpaired) electrons. The summed E-state index contributed by atoms with van der Waals surface area (Å²) in [5, 5.41) is 9.77. The molecular weight excluding hydrogens is 256 g/mol. The summed E-state index contributed by atoms with van der Waals surface area (Å²) in [4.78, 5) is 1.98. The molecule has 0 aromatic heterocycles. The van der Waals surface area contributed by atoms with Crippen molar-refractivity contribution in [2.24, 2.45) is 0 Å². The smallest absolute Gasteiger partial charge is 0.137 e. The van der Waals surface area contributed by atoms with Gasteiger partial charge in [0.1, 0.15) is 5.54 Å². The molecule has 0 aliphatic rings. The molecule has 0 spiro atoms. The number of nitrogens with zero attached hydrogens (tertiary/aromatic N) is 2. The molecule has 2 nitrogen and oxygen atoms in total. The van der Waals surface area contributed by atoms with Gasteiger partial charge in [-0.05, 0) is 25.2 Å². The number of hydrogen-bond acceptors (Lipinski definition) is 2. The number of hydrogen-bond donors (Lipinski definition) is 0. The molecule has 21 heavy (non-hydrogen) atoms. The van der Waals surface area contributed by atoms with Crippen LogP contribution >= 0.6 is 0 Å². The summed E-state index contributed by atoms with van der Waals surface area (Å²) in [6.07, 6.45) is 4.79.